The van der Waals surface area contributed by atoms with Crippen LogP contribution in [0.2, 0.25) is 0 Å². The summed E-state index contributed by atoms with van der Waals surface area (Å²) in [5, 5.41) is 6.04. The summed E-state index contributed by atoms with van der Waals surface area (Å²) in [6, 6.07) is 7.06. The van der Waals surface area contributed by atoms with Gasteiger partial charge in [0.25, 0.3) is 0 Å². The maximum Gasteiger partial charge on any atom is 0.213 e. The molecule has 1 aromatic heterocycles. The number of nitrogens with zero attached hydrogens (tertiary/aromatic N) is 2. The Balaban J connectivity index is 1.87. The average molecular weight is 348 g/mol. The van der Waals surface area contributed by atoms with Crippen molar-refractivity contribution in [2.45, 2.75) is 33.0 Å². The van der Waals surface area contributed by atoms with E-state index >= 15 is 0 Å². The van der Waals surface area contributed by atoms with Gasteiger partial charge < -0.3 is 15.4 Å². The van der Waals surface area contributed by atoms with E-state index in [1.54, 1.807) is 19.3 Å². The van der Waals surface area contributed by atoms with Gasteiger partial charge in [0.05, 0.1) is 6.10 Å². The number of nitrogens with one attached hydrogen (secondary N) is 2. The Morgan fingerprint density at radius 1 is 1.16 bits per heavy atom. The quantitative estimate of drug-likeness (QED) is 0.622. The third kappa shape index (κ3) is 6.02. The lowest BCUT2D eigenvalue weighted by Gasteiger charge is -2.13. The van der Waals surface area contributed by atoms with Crippen molar-refractivity contribution in [3.63, 3.8) is 0 Å². The Bertz CT molecular complexity index is 718. The van der Waals surface area contributed by atoms with Crippen molar-refractivity contribution < 1.29 is 13.5 Å². The largest absolute Gasteiger partial charge is 0.475 e. The molecule has 5 nitrogen and oxygen atoms in total. The fourth-order valence-corrected chi connectivity index (χ4v) is 2.09. The van der Waals surface area contributed by atoms with Gasteiger partial charge in [-0.3, -0.25) is 4.99 Å². The molecule has 1 aromatic carbocycles. The van der Waals surface area contributed by atoms with Crippen LogP contribution in [-0.2, 0) is 13.1 Å². The van der Waals surface area contributed by atoms with E-state index in [0.717, 1.165) is 23.8 Å². The van der Waals surface area contributed by atoms with E-state index in [4.69, 9.17) is 4.74 Å². The summed E-state index contributed by atoms with van der Waals surface area (Å²) in [5.41, 5.74) is 1.18. The van der Waals surface area contributed by atoms with Crippen molar-refractivity contribution in [3.8, 4) is 5.88 Å². The summed E-state index contributed by atoms with van der Waals surface area (Å²) in [4.78, 5) is 8.28. The molecule has 2 rings (SSSR count). The topological polar surface area (TPSA) is 58.5 Å². The zero-order chi connectivity index (χ0) is 18.2. The van der Waals surface area contributed by atoms with Gasteiger partial charge in [-0.1, -0.05) is 6.07 Å². The van der Waals surface area contributed by atoms with Crippen LogP contribution < -0.4 is 15.4 Å². The molecular formula is C18H22F2N4O. The summed E-state index contributed by atoms with van der Waals surface area (Å²) in [5.74, 6) is 0.110. The number of halogens is 2. The standard InChI is InChI=1S/C18H22F2N4O/c1-12(2)25-17-7-4-13(9-22-17)10-23-18(21-3)24-11-14-8-15(19)5-6-16(14)20/h4-9,12H,10-11H2,1-3H3,(H2,21,23,24). The van der Waals surface area contributed by atoms with Gasteiger partial charge >= 0.3 is 0 Å². The first-order chi connectivity index (χ1) is 12.0. The molecule has 1 heterocycles. The van der Waals surface area contributed by atoms with Gasteiger partial charge in [0.15, 0.2) is 5.96 Å². The molecule has 134 valence electrons. The maximum atomic E-state index is 13.6. The van der Waals surface area contributed by atoms with Crippen LogP contribution in [0.3, 0.4) is 0 Å². The minimum Gasteiger partial charge on any atom is -0.475 e. The zero-order valence-electron chi connectivity index (χ0n) is 14.5. The van der Waals surface area contributed by atoms with Gasteiger partial charge in [-0.2, -0.15) is 0 Å². The molecule has 0 fully saturated rings. The van der Waals surface area contributed by atoms with Crippen molar-refractivity contribution >= 4 is 5.96 Å². The Labute approximate surface area is 146 Å². The molecule has 0 aliphatic carbocycles. The van der Waals surface area contributed by atoms with Gasteiger partial charge in [0.2, 0.25) is 5.88 Å². The lowest BCUT2D eigenvalue weighted by molar-refractivity contribution is 0.232. The Morgan fingerprint density at radius 3 is 2.56 bits per heavy atom. The predicted molar refractivity (Wildman–Crippen MR) is 93.4 cm³/mol. The van der Waals surface area contributed by atoms with Gasteiger partial charge in [-0.25, -0.2) is 13.8 Å². The van der Waals surface area contributed by atoms with E-state index in [0.29, 0.717) is 18.4 Å². The maximum absolute atomic E-state index is 13.6. The highest BCUT2D eigenvalue weighted by molar-refractivity contribution is 5.79. The number of hydrogen-bond donors (Lipinski definition) is 2. The highest BCUT2D eigenvalue weighted by Gasteiger charge is 2.06. The van der Waals surface area contributed by atoms with Crippen molar-refractivity contribution in [3.05, 3.63) is 59.3 Å². The number of hydrogen-bond acceptors (Lipinski definition) is 3. The van der Waals surface area contributed by atoms with Gasteiger partial charge in [-0.05, 0) is 37.6 Å². The number of aliphatic imine (C=N–C) groups is 1. The SMILES string of the molecule is CN=C(NCc1ccc(OC(C)C)nc1)NCc1cc(F)ccc1F. The first kappa shape index (κ1) is 18.6. The normalized spacial score (nSPS) is 11.5. The molecule has 2 aromatic rings. The third-order valence-corrected chi connectivity index (χ3v) is 3.29. The highest BCUT2D eigenvalue weighted by atomic mass is 19.1. The molecule has 0 saturated heterocycles. The lowest BCUT2D eigenvalue weighted by Crippen LogP contribution is -2.36. The summed E-state index contributed by atoms with van der Waals surface area (Å²) in [7, 11) is 1.61. The molecule has 0 amide bonds. The number of benzene rings is 1. The lowest BCUT2D eigenvalue weighted by atomic mass is 10.2. The number of pyridine rings is 1. The monoisotopic (exact) mass is 348 g/mol. The molecule has 0 unspecified atom stereocenters. The minimum absolute atomic E-state index is 0.0720. The molecule has 0 aliphatic heterocycles. The second kappa shape index (κ2) is 8.96. The summed E-state index contributed by atoms with van der Waals surface area (Å²) >= 11 is 0. The minimum atomic E-state index is -0.476. The van der Waals surface area contributed by atoms with E-state index in [-0.39, 0.29) is 18.2 Å². The molecule has 7 heteroatoms. The third-order valence-electron chi connectivity index (χ3n) is 3.29. The molecule has 0 bridgehead atoms. The second-order valence-corrected chi connectivity index (χ2v) is 5.69. The van der Waals surface area contributed by atoms with Crippen molar-refractivity contribution in [2.24, 2.45) is 4.99 Å². The number of ether oxygens (including phenoxy) is 1. The fraction of sp³-hybridized carbons (Fsp3) is 0.333. The van der Waals surface area contributed by atoms with Crippen LogP contribution in [-0.4, -0.2) is 24.1 Å². The van der Waals surface area contributed by atoms with E-state index in [9.17, 15) is 8.78 Å². The van der Waals surface area contributed by atoms with Gasteiger partial charge in [0, 0.05) is 38.0 Å². The van der Waals surface area contributed by atoms with Gasteiger partial charge in [-0.15, -0.1) is 0 Å². The second-order valence-electron chi connectivity index (χ2n) is 5.69. The molecule has 0 aliphatic rings. The first-order valence-corrected chi connectivity index (χ1v) is 7.98. The van der Waals surface area contributed by atoms with E-state index < -0.39 is 11.6 Å². The van der Waals surface area contributed by atoms with E-state index in [1.165, 1.54) is 0 Å². The number of aromatic nitrogens is 1. The summed E-state index contributed by atoms with van der Waals surface area (Å²) in [6.07, 6.45) is 1.78. The van der Waals surface area contributed by atoms with Crippen LogP contribution in [0.1, 0.15) is 25.0 Å². The predicted octanol–water partition coefficient (Wildman–Crippen LogP) is 3.01. The van der Waals surface area contributed by atoms with Crippen molar-refractivity contribution in [1.29, 1.82) is 0 Å². The van der Waals surface area contributed by atoms with Crippen LogP contribution in [0.15, 0.2) is 41.5 Å². The van der Waals surface area contributed by atoms with Crippen LogP contribution in [0.5, 0.6) is 5.88 Å². The van der Waals surface area contributed by atoms with E-state index in [1.807, 2.05) is 19.9 Å². The van der Waals surface area contributed by atoms with Gasteiger partial charge in [0.1, 0.15) is 11.6 Å². The number of rotatable bonds is 6. The average Bonchev–Trinajstić information content (AvgIpc) is 2.58. The number of guanidine groups is 1. The Kier molecular flexibility index (Phi) is 6.68. The van der Waals surface area contributed by atoms with E-state index in [2.05, 4.69) is 20.6 Å². The molecule has 0 radical (unpaired) electrons. The Morgan fingerprint density at radius 2 is 1.92 bits per heavy atom. The molecule has 0 atom stereocenters. The van der Waals surface area contributed by atoms with Crippen LogP contribution in [0.25, 0.3) is 0 Å². The molecule has 25 heavy (non-hydrogen) atoms. The molecule has 0 saturated carbocycles. The summed E-state index contributed by atoms with van der Waals surface area (Å²) < 4.78 is 32.3. The fourth-order valence-electron chi connectivity index (χ4n) is 2.09. The van der Waals surface area contributed by atoms with Crippen LogP contribution in [0.4, 0.5) is 8.78 Å². The molecular weight excluding hydrogens is 326 g/mol. The summed E-state index contributed by atoms with van der Waals surface area (Å²) in [6.45, 7) is 4.49. The van der Waals surface area contributed by atoms with Crippen LogP contribution >= 0.6 is 0 Å². The molecule has 0 spiro atoms. The van der Waals surface area contributed by atoms with Crippen molar-refractivity contribution in [2.75, 3.05) is 7.05 Å². The molecule has 2 N–H and O–H groups in total. The smallest absolute Gasteiger partial charge is 0.213 e. The Hall–Kier alpha value is -2.70. The van der Waals surface area contributed by atoms with Crippen molar-refractivity contribution in [1.82, 2.24) is 15.6 Å². The highest BCUT2D eigenvalue weighted by Crippen LogP contribution is 2.10. The zero-order valence-corrected chi connectivity index (χ0v) is 14.5. The van der Waals surface area contributed by atoms with Crippen LogP contribution in [0, 0.1) is 11.6 Å². The first-order valence-electron chi connectivity index (χ1n) is 7.98.